The standard InChI is InChI=1S/C20H25N3O.C3H8O.C3H8/c1-4-23(5-2)20(24)14-9-16-15-7-6-8-17-19(15)13(11-21-17)10-18(16)22(3)12-14;1-3(2)4;1-3-2/h6-9,11,14,18,21H,4-5,10,12H2,1-3H3;3-4H,1-2H3;3H2,1-2H3/t14-,18-;;/m1../s1. The molecule has 1 aromatic carbocycles. The van der Waals surface area contributed by atoms with Crippen LogP contribution < -0.4 is 0 Å². The van der Waals surface area contributed by atoms with Crippen molar-refractivity contribution < 1.29 is 9.90 Å². The molecule has 5 nitrogen and oxygen atoms in total. The van der Waals surface area contributed by atoms with Gasteiger partial charge in [0, 0.05) is 48.9 Å². The average molecular weight is 428 g/mol. The molecule has 1 aliphatic heterocycles. The third kappa shape index (κ3) is 5.78. The summed E-state index contributed by atoms with van der Waals surface area (Å²) in [5.74, 6) is 0.210. The van der Waals surface area contributed by atoms with Crippen LogP contribution in [0.5, 0.6) is 0 Å². The summed E-state index contributed by atoms with van der Waals surface area (Å²) in [5.41, 5.74) is 5.21. The van der Waals surface area contributed by atoms with E-state index in [0.29, 0.717) is 6.04 Å². The Hall–Kier alpha value is -2.11. The number of carbonyl (C=O) groups excluding carboxylic acids is 1. The van der Waals surface area contributed by atoms with Gasteiger partial charge < -0.3 is 15.0 Å². The summed E-state index contributed by atoms with van der Waals surface area (Å²) >= 11 is 0. The molecule has 0 unspecified atom stereocenters. The Morgan fingerprint density at radius 1 is 1.23 bits per heavy atom. The van der Waals surface area contributed by atoms with Gasteiger partial charge in [-0.3, -0.25) is 9.69 Å². The van der Waals surface area contributed by atoms with Crippen LogP contribution in [-0.4, -0.2) is 64.6 Å². The molecule has 0 saturated heterocycles. The molecule has 4 rings (SSSR count). The summed E-state index contributed by atoms with van der Waals surface area (Å²) < 4.78 is 0. The molecule has 1 amide bonds. The number of carbonyl (C=O) groups is 1. The number of hydrogen-bond acceptors (Lipinski definition) is 3. The van der Waals surface area contributed by atoms with E-state index in [1.807, 2.05) is 4.90 Å². The first-order chi connectivity index (χ1) is 14.8. The number of rotatable bonds is 3. The largest absolute Gasteiger partial charge is 0.394 e. The van der Waals surface area contributed by atoms with Gasteiger partial charge >= 0.3 is 0 Å². The summed E-state index contributed by atoms with van der Waals surface area (Å²) in [6.45, 7) is 14.2. The molecular formula is C26H41N3O2. The molecule has 2 N–H and O–H groups in total. The van der Waals surface area contributed by atoms with Crippen LogP contribution in [0.1, 0.15) is 59.1 Å². The Kier molecular flexibility index (Phi) is 9.32. The molecule has 31 heavy (non-hydrogen) atoms. The highest BCUT2D eigenvalue weighted by Crippen LogP contribution is 2.40. The van der Waals surface area contributed by atoms with Crippen molar-refractivity contribution in [3.05, 3.63) is 41.6 Å². The Labute approximate surface area is 188 Å². The SMILES string of the molecule is CC(C)O.CCC.CCN(CC)C(=O)[C@@H]1C=C2c3cccc4[nH]cc(c34)C[C@H]2N(C)C1. The van der Waals surface area contributed by atoms with Gasteiger partial charge in [0.25, 0.3) is 0 Å². The van der Waals surface area contributed by atoms with Crippen molar-refractivity contribution in [2.24, 2.45) is 5.92 Å². The van der Waals surface area contributed by atoms with Crippen molar-refractivity contribution in [2.45, 2.75) is 66.5 Å². The number of fused-ring (bicyclic) bond motifs is 2. The molecule has 0 bridgehead atoms. The number of amides is 1. The molecule has 2 heterocycles. The maximum absolute atomic E-state index is 12.9. The summed E-state index contributed by atoms with van der Waals surface area (Å²) in [6, 6.07) is 6.82. The summed E-state index contributed by atoms with van der Waals surface area (Å²) in [5, 5.41) is 9.39. The predicted molar refractivity (Wildman–Crippen MR) is 131 cm³/mol. The number of likely N-dealkylation sites (N-methyl/N-ethyl adjacent to an activating group) is 1. The van der Waals surface area contributed by atoms with Gasteiger partial charge in [0.15, 0.2) is 0 Å². The monoisotopic (exact) mass is 427 g/mol. The lowest BCUT2D eigenvalue weighted by Gasteiger charge is -2.40. The van der Waals surface area contributed by atoms with E-state index >= 15 is 0 Å². The van der Waals surface area contributed by atoms with Crippen LogP contribution in [-0.2, 0) is 11.2 Å². The van der Waals surface area contributed by atoms with Gasteiger partial charge in [-0.05, 0) is 63.9 Å². The number of aromatic amines is 1. The molecule has 2 atom stereocenters. The zero-order valence-corrected chi connectivity index (χ0v) is 20.4. The minimum Gasteiger partial charge on any atom is -0.394 e. The van der Waals surface area contributed by atoms with Crippen molar-refractivity contribution in [1.82, 2.24) is 14.8 Å². The zero-order chi connectivity index (χ0) is 23.1. The second kappa shape index (κ2) is 11.5. The maximum atomic E-state index is 12.9. The van der Waals surface area contributed by atoms with Crippen LogP contribution in [0.2, 0.25) is 0 Å². The molecule has 1 aliphatic carbocycles. The predicted octanol–water partition coefficient (Wildman–Crippen LogP) is 4.71. The number of benzene rings is 1. The normalized spacial score (nSPS) is 19.6. The van der Waals surface area contributed by atoms with Gasteiger partial charge in [0.1, 0.15) is 0 Å². The van der Waals surface area contributed by atoms with Crippen molar-refractivity contribution in [2.75, 3.05) is 26.7 Å². The van der Waals surface area contributed by atoms with E-state index < -0.39 is 0 Å². The maximum Gasteiger partial charge on any atom is 0.230 e. The Morgan fingerprint density at radius 2 is 1.84 bits per heavy atom. The van der Waals surface area contributed by atoms with E-state index in [2.05, 4.69) is 75.1 Å². The summed E-state index contributed by atoms with van der Waals surface area (Å²) in [6.07, 6.45) is 6.49. The number of hydrogen-bond donors (Lipinski definition) is 2. The third-order valence-corrected chi connectivity index (χ3v) is 5.66. The summed E-state index contributed by atoms with van der Waals surface area (Å²) in [7, 11) is 2.15. The molecule has 2 aromatic rings. The number of H-pyrrole nitrogens is 1. The molecule has 0 spiro atoms. The van der Waals surface area contributed by atoms with Crippen LogP contribution >= 0.6 is 0 Å². The van der Waals surface area contributed by atoms with Crippen LogP contribution in [0.25, 0.3) is 16.5 Å². The Morgan fingerprint density at radius 3 is 2.42 bits per heavy atom. The molecule has 0 radical (unpaired) electrons. The number of aromatic nitrogens is 1. The fourth-order valence-electron chi connectivity index (χ4n) is 4.38. The smallest absolute Gasteiger partial charge is 0.230 e. The van der Waals surface area contributed by atoms with E-state index in [1.54, 1.807) is 13.8 Å². The lowest BCUT2D eigenvalue weighted by molar-refractivity contribution is -0.134. The molecule has 0 fully saturated rings. The van der Waals surface area contributed by atoms with Gasteiger partial charge in [-0.2, -0.15) is 0 Å². The lowest BCUT2D eigenvalue weighted by Crippen LogP contribution is -2.47. The van der Waals surface area contributed by atoms with Gasteiger partial charge in [-0.15, -0.1) is 0 Å². The topological polar surface area (TPSA) is 59.6 Å². The average Bonchev–Trinajstić information content (AvgIpc) is 3.14. The van der Waals surface area contributed by atoms with Crippen molar-refractivity contribution >= 4 is 22.4 Å². The second-order valence-corrected chi connectivity index (χ2v) is 8.74. The quantitative estimate of drug-likeness (QED) is 0.746. The van der Waals surface area contributed by atoms with Crippen molar-refractivity contribution in [1.29, 1.82) is 0 Å². The number of aliphatic hydroxyl groups excluding tert-OH is 1. The number of aliphatic hydroxyl groups is 1. The molecule has 5 heteroatoms. The highest BCUT2D eigenvalue weighted by molar-refractivity contribution is 5.99. The van der Waals surface area contributed by atoms with Crippen molar-refractivity contribution in [3.8, 4) is 0 Å². The van der Waals surface area contributed by atoms with Crippen LogP contribution in [0.3, 0.4) is 0 Å². The summed E-state index contributed by atoms with van der Waals surface area (Å²) in [4.78, 5) is 20.6. The van der Waals surface area contributed by atoms with Gasteiger partial charge in [0.2, 0.25) is 5.91 Å². The lowest BCUT2D eigenvalue weighted by atomic mass is 9.79. The van der Waals surface area contributed by atoms with Gasteiger partial charge in [0.05, 0.1) is 5.92 Å². The second-order valence-electron chi connectivity index (χ2n) is 8.74. The van der Waals surface area contributed by atoms with Gasteiger partial charge in [-0.25, -0.2) is 0 Å². The van der Waals surface area contributed by atoms with E-state index in [-0.39, 0.29) is 17.9 Å². The first-order valence-electron chi connectivity index (χ1n) is 11.8. The molecule has 172 valence electrons. The number of nitrogens with one attached hydrogen (secondary N) is 1. The van der Waals surface area contributed by atoms with Crippen LogP contribution in [0.15, 0.2) is 30.5 Å². The first-order valence-corrected chi connectivity index (χ1v) is 11.8. The Balaban J connectivity index is 0.000000431. The third-order valence-electron chi connectivity index (χ3n) is 5.66. The molecule has 1 aromatic heterocycles. The van der Waals surface area contributed by atoms with Gasteiger partial charge in [-0.1, -0.05) is 38.5 Å². The van der Waals surface area contributed by atoms with Crippen LogP contribution in [0.4, 0.5) is 0 Å². The van der Waals surface area contributed by atoms with Crippen molar-refractivity contribution in [3.63, 3.8) is 0 Å². The highest BCUT2D eigenvalue weighted by Gasteiger charge is 2.36. The minimum absolute atomic E-state index is 0.0445. The van der Waals surface area contributed by atoms with Crippen LogP contribution in [0, 0.1) is 5.92 Å². The van der Waals surface area contributed by atoms with E-state index in [1.165, 1.54) is 34.0 Å². The van der Waals surface area contributed by atoms with E-state index in [9.17, 15) is 4.79 Å². The van der Waals surface area contributed by atoms with E-state index in [4.69, 9.17) is 5.11 Å². The first kappa shape index (κ1) is 25.2. The zero-order valence-electron chi connectivity index (χ0n) is 20.4. The number of nitrogens with zero attached hydrogens (tertiary/aromatic N) is 2. The highest BCUT2D eigenvalue weighted by atomic mass is 16.3. The fourth-order valence-corrected chi connectivity index (χ4v) is 4.38. The fraction of sp³-hybridized carbons (Fsp3) is 0.577. The molecule has 0 saturated carbocycles. The minimum atomic E-state index is -0.167. The molecular weight excluding hydrogens is 386 g/mol. The molecule has 2 aliphatic rings. The Bertz CT molecular complexity index is 877. The van der Waals surface area contributed by atoms with E-state index in [0.717, 1.165) is 26.1 Å².